The topological polar surface area (TPSA) is 128 Å². The Labute approximate surface area is 151 Å². The van der Waals surface area contributed by atoms with E-state index < -0.39 is 10.0 Å². The number of carbonyl (C=O) groups excluding carboxylic acids is 1. The molecule has 130 valence electrons. The average Bonchev–Trinajstić information content (AvgIpc) is 3.24. The van der Waals surface area contributed by atoms with E-state index in [0.29, 0.717) is 16.8 Å². The van der Waals surface area contributed by atoms with Gasteiger partial charge in [-0.3, -0.25) is 4.79 Å². The molecule has 0 radical (unpaired) electrons. The lowest BCUT2D eigenvalue weighted by Crippen LogP contribution is -2.15. The van der Waals surface area contributed by atoms with Crippen molar-refractivity contribution in [2.24, 2.45) is 5.14 Å². The number of carbonyl (C=O) groups is 1. The number of sulfonamides is 1. The van der Waals surface area contributed by atoms with Crippen molar-refractivity contribution in [3.05, 3.63) is 41.8 Å². The van der Waals surface area contributed by atoms with Crippen LogP contribution < -0.4 is 10.5 Å². The lowest BCUT2D eigenvalue weighted by Gasteiger charge is -2.04. The Hall–Kier alpha value is -2.21. The summed E-state index contributed by atoms with van der Waals surface area (Å²) in [6.45, 7) is 0. The molecule has 0 saturated heterocycles. The molecular formula is C14H12N4O4S3. The van der Waals surface area contributed by atoms with E-state index in [-0.39, 0.29) is 16.6 Å². The third-order valence-electron chi connectivity index (χ3n) is 2.93. The fourth-order valence-corrected chi connectivity index (χ4v) is 3.54. The standard InChI is InChI=1S/C14H12N4O4S3/c15-25(20,21)10-5-3-9(4-6-10)16-12(19)8-24-14-18-17-13(22-14)11-2-1-7-23-11/h1-7H,8H2,(H,16,19)(H2,15,20,21). The number of nitrogens with zero attached hydrogens (tertiary/aromatic N) is 2. The first-order chi connectivity index (χ1) is 11.9. The second-order valence-electron chi connectivity index (χ2n) is 4.76. The van der Waals surface area contributed by atoms with Gasteiger partial charge in [0.05, 0.1) is 15.5 Å². The van der Waals surface area contributed by atoms with Gasteiger partial charge in [0, 0.05) is 5.69 Å². The van der Waals surface area contributed by atoms with Crippen LogP contribution in [-0.2, 0) is 14.8 Å². The van der Waals surface area contributed by atoms with Crippen LogP contribution in [0.15, 0.2) is 56.3 Å². The fraction of sp³-hybridized carbons (Fsp3) is 0.0714. The van der Waals surface area contributed by atoms with Crippen molar-refractivity contribution in [1.82, 2.24) is 10.2 Å². The largest absolute Gasteiger partial charge is 0.410 e. The zero-order valence-electron chi connectivity index (χ0n) is 12.6. The van der Waals surface area contributed by atoms with Gasteiger partial charge in [0.15, 0.2) is 0 Å². The number of rotatable bonds is 6. The summed E-state index contributed by atoms with van der Waals surface area (Å²) in [4.78, 5) is 12.8. The Morgan fingerprint density at radius 1 is 1.24 bits per heavy atom. The van der Waals surface area contributed by atoms with Gasteiger partial charge in [-0.05, 0) is 35.7 Å². The van der Waals surface area contributed by atoms with Gasteiger partial charge >= 0.3 is 0 Å². The number of anilines is 1. The molecule has 3 rings (SSSR count). The Morgan fingerprint density at radius 3 is 2.64 bits per heavy atom. The van der Waals surface area contributed by atoms with E-state index in [2.05, 4.69) is 15.5 Å². The van der Waals surface area contributed by atoms with Crippen LogP contribution in [0.2, 0.25) is 0 Å². The van der Waals surface area contributed by atoms with Gasteiger partial charge in [0.2, 0.25) is 15.9 Å². The minimum Gasteiger partial charge on any atom is -0.410 e. The van der Waals surface area contributed by atoms with Crippen molar-refractivity contribution in [3.8, 4) is 10.8 Å². The van der Waals surface area contributed by atoms with Crippen LogP contribution in [0.3, 0.4) is 0 Å². The summed E-state index contributed by atoms with van der Waals surface area (Å²) in [5.41, 5.74) is 0.461. The summed E-state index contributed by atoms with van der Waals surface area (Å²) in [6, 6.07) is 9.32. The van der Waals surface area contributed by atoms with Gasteiger partial charge in [0.25, 0.3) is 11.1 Å². The second kappa shape index (κ2) is 7.35. The van der Waals surface area contributed by atoms with Crippen LogP contribution in [0.4, 0.5) is 5.69 Å². The van der Waals surface area contributed by atoms with E-state index in [1.54, 1.807) is 0 Å². The molecule has 1 aromatic carbocycles. The lowest BCUT2D eigenvalue weighted by atomic mass is 10.3. The Kier molecular flexibility index (Phi) is 5.18. The number of aromatic nitrogens is 2. The molecule has 11 heteroatoms. The molecule has 3 aromatic rings. The molecule has 2 aromatic heterocycles. The predicted octanol–water partition coefficient (Wildman–Crippen LogP) is 2.18. The van der Waals surface area contributed by atoms with E-state index in [4.69, 9.17) is 9.56 Å². The molecule has 25 heavy (non-hydrogen) atoms. The number of nitrogens with one attached hydrogen (secondary N) is 1. The smallest absolute Gasteiger partial charge is 0.277 e. The van der Waals surface area contributed by atoms with Crippen molar-refractivity contribution < 1.29 is 17.6 Å². The normalized spacial score (nSPS) is 11.4. The molecular weight excluding hydrogens is 384 g/mol. The third-order valence-corrected chi connectivity index (χ3v) is 5.54. The Balaban J connectivity index is 1.55. The molecule has 0 unspecified atom stereocenters. The molecule has 0 atom stereocenters. The Bertz CT molecular complexity index is 966. The zero-order valence-corrected chi connectivity index (χ0v) is 15.0. The maximum Gasteiger partial charge on any atom is 0.277 e. The van der Waals surface area contributed by atoms with Crippen molar-refractivity contribution >= 4 is 44.7 Å². The first-order valence-corrected chi connectivity index (χ1v) is 10.3. The van der Waals surface area contributed by atoms with Crippen LogP contribution in [0.5, 0.6) is 0 Å². The average molecular weight is 396 g/mol. The van der Waals surface area contributed by atoms with Crippen molar-refractivity contribution in [1.29, 1.82) is 0 Å². The van der Waals surface area contributed by atoms with Gasteiger partial charge < -0.3 is 9.73 Å². The van der Waals surface area contributed by atoms with Gasteiger partial charge in [-0.2, -0.15) is 0 Å². The molecule has 0 fully saturated rings. The Morgan fingerprint density at radius 2 is 2.00 bits per heavy atom. The molecule has 0 saturated carbocycles. The van der Waals surface area contributed by atoms with Crippen LogP contribution in [0.25, 0.3) is 10.8 Å². The highest BCUT2D eigenvalue weighted by molar-refractivity contribution is 7.99. The van der Waals surface area contributed by atoms with E-state index in [9.17, 15) is 13.2 Å². The van der Waals surface area contributed by atoms with Crippen LogP contribution in [-0.4, -0.2) is 30.3 Å². The highest BCUT2D eigenvalue weighted by Gasteiger charge is 2.12. The van der Waals surface area contributed by atoms with Crippen molar-refractivity contribution in [3.63, 3.8) is 0 Å². The summed E-state index contributed by atoms with van der Waals surface area (Å²) < 4.78 is 27.8. The maximum absolute atomic E-state index is 11.9. The van der Waals surface area contributed by atoms with Crippen LogP contribution >= 0.6 is 23.1 Å². The van der Waals surface area contributed by atoms with E-state index >= 15 is 0 Å². The summed E-state index contributed by atoms with van der Waals surface area (Å²) in [7, 11) is -3.75. The van der Waals surface area contributed by atoms with Crippen LogP contribution in [0, 0.1) is 0 Å². The molecule has 0 aliphatic rings. The summed E-state index contributed by atoms with van der Waals surface area (Å²) in [6.07, 6.45) is 0. The SMILES string of the molecule is NS(=O)(=O)c1ccc(NC(=O)CSc2nnc(-c3cccs3)o2)cc1. The number of hydrogen-bond donors (Lipinski definition) is 2. The molecule has 0 aliphatic carbocycles. The number of thioether (sulfide) groups is 1. The molecule has 0 bridgehead atoms. The minimum atomic E-state index is -3.75. The molecule has 0 spiro atoms. The van der Waals surface area contributed by atoms with Gasteiger partial charge in [-0.25, -0.2) is 13.6 Å². The number of nitrogens with two attached hydrogens (primary N) is 1. The van der Waals surface area contributed by atoms with Crippen LogP contribution in [0.1, 0.15) is 0 Å². The first-order valence-electron chi connectivity index (χ1n) is 6.85. The summed E-state index contributed by atoms with van der Waals surface area (Å²) in [5, 5.41) is 17.7. The molecule has 2 heterocycles. The van der Waals surface area contributed by atoms with Crippen molar-refractivity contribution in [2.75, 3.05) is 11.1 Å². The molecule has 8 nitrogen and oxygen atoms in total. The van der Waals surface area contributed by atoms with Gasteiger partial charge in [-0.1, -0.05) is 17.8 Å². The lowest BCUT2D eigenvalue weighted by molar-refractivity contribution is -0.113. The minimum absolute atomic E-state index is 0.0214. The quantitative estimate of drug-likeness (QED) is 0.611. The highest BCUT2D eigenvalue weighted by atomic mass is 32.2. The number of benzene rings is 1. The zero-order chi connectivity index (χ0) is 17.9. The first kappa shape index (κ1) is 17.6. The monoisotopic (exact) mass is 396 g/mol. The molecule has 1 amide bonds. The van der Waals surface area contributed by atoms with E-state index in [1.807, 2.05) is 17.5 Å². The summed E-state index contributed by atoms with van der Waals surface area (Å²) in [5.74, 6) is 0.198. The fourth-order valence-electron chi connectivity index (χ4n) is 1.82. The number of hydrogen-bond acceptors (Lipinski definition) is 8. The second-order valence-corrected chi connectivity index (χ2v) is 8.19. The van der Waals surface area contributed by atoms with E-state index in [0.717, 1.165) is 16.6 Å². The number of primary sulfonamides is 1. The highest BCUT2D eigenvalue weighted by Crippen LogP contribution is 2.26. The summed E-state index contributed by atoms with van der Waals surface area (Å²) >= 11 is 2.59. The van der Waals surface area contributed by atoms with E-state index in [1.165, 1.54) is 35.6 Å². The number of amides is 1. The third kappa shape index (κ3) is 4.66. The molecule has 3 N–H and O–H groups in total. The van der Waals surface area contributed by atoms with Crippen molar-refractivity contribution in [2.45, 2.75) is 10.1 Å². The molecule has 0 aliphatic heterocycles. The predicted molar refractivity (Wildman–Crippen MR) is 94.8 cm³/mol. The van der Waals surface area contributed by atoms with Gasteiger partial charge in [-0.15, -0.1) is 21.5 Å². The number of thiophene rings is 1. The van der Waals surface area contributed by atoms with Gasteiger partial charge in [0.1, 0.15) is 0 Å². The maximum atomic E-state index is 11.9.